The van der Waals surface area contributed by atoms with Gasteiger partial charge in [0.1, 0.15) is 0 Å². The minimum atomic E-state index is -4.50. The highest BCUT2D eigenvalue weighted by Gasteiger charge is 2.15. The molecule has 25 heavy (non-hydrogen) atoms. The van der Waals surface area contributed by atoms with Crippen LogP contribution in [0.5, 0.6) is 0 Å². The highest BCUT2D eigenvalue weighted by atomic mass is 31.2. The van der Waals surface area contributed by atoms with Crippen LogP contribution < -0.4 is 0 Å². The molecule has 3 N–H and O–H groups in total. The molecule has 0 bridgehead atoms. The average Bonchev–Trinajstić information content (AvgIpc) is 2.53. The Balaban J connectivity index is 3.98. The van der Waals surface area contributed by atoms with E-state index in [4.69, 9.17) is 14.9 Å². The van der Waals surface area contributed by atoms with Crippen LogP contribution >= 0.6 is 7.82 Å². The zero-order valence-corrected chi connectivity index (χ0v) is 16.6. The lowest BCUT2D eigenvalue weighted by Crippen LogP contribution is -2.04. The molecule has 0 aliphatic heterocycles. The van der Waals surface area contributed by atoms with E-state index in [1.54, 1.807) is 0 Å². The van der Waals surface area contributed by atoms with Crippen LogP contribution in [-0.2, 0) is 13.9 Å². The lowest BCUT2D eigenvalue weighted by Gasteiger charge is -2.11. The number of rotatable bonds is 16. The van der Waals surface area contributed by atoms with Crippen molar-refractivity contribution in [3.8, 4) is 0 Å². The Morgan fingerprint density at radius 3 is 1.80 bits per heavy atom. The minimum absolute atomic E-state index is 0.165. The van der Waals surface area contributed by atoms with E-state index in [0.29, 0.717) is 12.0 Å². The van der Waals surface area contributed by atoms with Gasteiger partial charge in [0.2, 0.25) is 0 Å². The monoisotopic (exact) mass is 378 g/mol. The van der Waals surface area contributed by atoms with Gasteiger partial charge in [-0.2, -0.15) is 0 Å². The summed E-state index contributed by atoms with van der Waals surface area (Å²) in [6.45, 7) is 3.58. The standard InChI is InChI=1S/C18H35O6P/c1-3-4-5-6-7-8-9-10-11-12-13-17(16(2)18(19)20)14-15-24-25(21,22)23/h3-15H2,1-2H3,(H,19,20)(H2,21,22,23). The predicted molar refractivity (Wildman–Crippen MR) is 99.4 cm³/mol. The van der Waals surface area contributed by atoms with Crippen molar-refractivity contribution in [2.75, 3.05) is 6.61 Å². The Morgan fingerprint density at radius 2 is 1.36 bits per heavy atom. The number of aliphatic carboxylic acids is 1. The summed E-state index contributed by atoms with van der Waals surface area (Å²) in [4.78, 5) is 28.5. The number of carboxylic acid groups (broad SMARTS) is 1. The highest BCUT2D eigenvalue weighted by Crippen LogP contribution is 2.36. The third-order valence-electron chi connectivity index (χ3n) is 4.35. The third kappa shape index (κ3) is 15.3. The summed E-state index contributed by atoms with van der Waals surface area (Å²) in [5.74, 6) is -0.988. The first-order valence-electron chi connectivity index (χ1n) is 9.40. The maximum Gasteiger partial charge on any atom is 0.469 e. The number of phosphoric acid groups is 1. The largest absolute Gasteiger partial charge is 0.478 e. The summed E-state index contributed by atoms with van der Waals surface area (Å²) in [6.07, 6.45) is 13.0. The van der Waals surface area contributed by atoms with Gasteiger partial charge in [0.15, 0.2) is 0 Å². The highest BCUT2D eigenvalue weighted by molar-refractivity contribution is 7.46. The van der Waals surface area contributed by atoms with Crippen molar-refractivity contribution in [2.24, 2.45) is 0 Å². The van der Waals surface area contributed by atoms with Gasteiger partial charge in [-0.25, -0.2) is 9.36 Å². The zero-order valence-electron chi connectivity index (χ0n) is 15.7. The van der Waals surface area contributed by atoms with Gasteiger partial charge in [0.25, 0.3) is 0 Å². The van der Waals surface area contributed by atoms with Crippen molar-refractivity contribution in [2.45, 2.75) is 90.9 Å². The molecule has 0 fully saturated rings. The van der Waals surface area contributed by atoms with E-state index >= 15 is 0 Å². The molecule has 0 aromatic rings. The lowest BCUT2D eigenvalue weighted by atomic mass is 9.98. The van der Waals surface area contributed by atoms with E-state index in [1.807, 2.05) is 0 Å². The maximum absolute atomic E-state index is 11.1. The molecule has 148 valence electrons. The smallest absolute Gasteiger partial charge is 0.469 e. The average molecular weight is 378 g/mol. The molecule has 0 saturated carbocycles. The van der Waals surface area contributed by atoms with Crippen molar-refractivity contribution in [3.05, 3.63) is 11.1 Å². The number of carbonyl (C=O) groups is 1. The Morgan fingerprint density at radius 1 is 0.880 bits per heavy atom. The molecule has 7 heteroatoms. The first kappa shape index (κ1) is 24.3. The topological polar surface area (TPSA) is 104 Å². The van der Waals surface area contributed by atoms with Gasteiger partial charge in [0.05, 0.1) is 6.61 Å². The van der Waals surface area contributed by atoms with Crippen LogP contribution in [-0.4, -0.2) is 27.5 Å². The second-order valence-corrected chi connectivity index (χ2v) is 7.78. The van der Waals surface area contributed by atoms with Gasteiger partial charge < -0.3 is 14.9 Å². The van der Waals surface area contributed by atoms with E-state index in [1.165, 1.54) is 51.9 Å². The summed E-state index contributed by atoms with van der Waals surface area (Å²) >= 11 is 0. The van der Waals surface area contributed by atoms with Gasteiger partial charge in [-0.1, -0.05) is 70.3 Å². The van der Waals surface area contributed by atoms with Gasteiger partial charge in [-0.05, 0) is 26.2 Å². The van der Waals surface area contributed by atoms with Crippen LogP contribution in [0.3, 0.4) is 0 Å². The summed E-state index contributed by atoms with van der Waals surface area (Å²) < 4.78 is 15.1. The van der Waals surface area contributed by atoms with Crippen molar-refractivity contribution in [1.82, 2.24) is 0 Å². The van der Waals surface area contributed by atoms with Gasteiger partial charge in [0, 0.05) is 5.57 Å². The molecule has 0 rings (SSSR count). The molecule has 0 aromatic carbocycles. The SMILES string of the molecule is CCCCCCCCCCCCC(CCOP(=O)(O)O)=C(C)C(=O)O. The fourth-order valence-corrected chi connectivity index (χ4v) is 3.09. The first-order valence-corrected chi connectivity index (χ1v) is 10.9. The molecule has 0 aliphatic carbocycles. The number of carboxylic acids is 1. The fraction of sp³-hybridized carbons (Fsp3) is 0.833. The molecular weight excluding hydrogens is 343 g/mol. The minimum Gasteiger partial charge on any atom is -0.478 e. The second kappa shape index (κ2) is 14.5. The predicted octanol–water partition coefficient (Wildman–Crippen LogP) is 5.20. The number of hydrogen-bond donors (Lipinski definition) is 3. The lowest BCUT2D eigenvalue weighted by molar-refractivity contribution is -0.132. The fourth-order valence-electron chi connectivity index (χ4n) is 2.76. The Hall–Kier alpha value is -0.680. The molecule has 0 atom stereocenters. The number of hydrogen-bond acceptors (Lipinski definition) is 3. The Bertz CT molecular complexity index is 441. The van der Waals surface area contributed by atoms with Crippen molar-refractivity contribution in [1.29, 1.82) is 0 Å². The Labute approximate surface area is 151 Å². The molecule has 0 heterocycles. The van der Waals surface area contributed by atoms with Gasteiger partial charge >= 0.3 is 13.8 Å². The molecule has 0 radical (unpaired) electrons. The molecule has 0 aromatic heterocycles. The summed E-state index contributed by atoms with van der Waals surface area (Å²) in [5, 5.41) is 9.12. The van der Waals surface area contributed by atoms with Crippen LogP contribution in [0.25, 0.3) is 0 Å². The quantitative estimate of drug-likeness (QED) is 0.194. The summed E-state index contributed by atoms with van der Waals surface area (Å²) in [5.41, 5.74) is 0.964. The van der Waals surface area contributed by atoms with E-state index in [0.717, 1.165) is 19.3 Å². The van der Waals surface area contributed by atoms with Crippen LogP contribution in [0.4, 0.5) is 0 Å². The molecule has 6 nitrogen and oxygen atoms in total. The molecule has 0 amide bonds. The van der Waals surface area contributed by atoms with Crippen molar-refractivity contribution in [3.63, 3.8) is 0 Å². The second-order valence-electron chi connectivity index (χ2n) is 6.54. The molecule has 0 saturated heterocycles. The number of phosphoric ester groups is 1. The van der Waals surface area contributed by atoms with Crippen LogP contribution in [0.15, 0.2) is 11.1 Å². The molecule has 0 aliphatic rings. The summed E-state index contributed by atoms with van der Waals surface area (Å²) in [6, 6.07) is 0. The van der Waals surface area contributed by atoms with E-state index in [2.05, 4.69) is 11.4 Å². The zero-order chi connectivity index (χ0) is 19.1. The van der Waals surface area contributed by atoms with Crippen molar-refractivity contribution < 1.29 is 28.8 Å². The van der Waals surface area contributed by atoms with Crippen molar-refractivity contribution >= 4 is 13.8 Å². The molecule has 0 spiro atoms. The molecular formula is C18H35O6P. The third-order valence-corrected chi connectivity index (χ3v) is 4.87. The van der Waals surface area contributed by atoms with Crippen LogP contribution in [0.2, 0.25) is 0 Å². The first-order chi connectivity index (χ1) is 11.8. The van der Waals surface area contributed by atoms with E-state index in [-0.39, 0.29) is 18.6 Å². The molecule has 0 unspecified atom stereocenters. The van der Waals surface area contributed by atoms with Crippen LogP contribution in [0.1, 0.15) is 90.9 Å². The number of unbranched alkanes of at least 4 members (excludes halogenated alkanes) is 9. The van der Waals surface area contributed by atoms with E-state index < -0.39 is 13.8 Å². The normalized spacial score (nSPS) is 13.0. The maximum atomic E-state index is 11.1. The van der Waals surface area contributed by atoms with Gasteiger partial charge in [-0.15, -0.1) is 0 Å². The Kier molecular flexibility index (Phi) is 14.1. The van der Waals surface area contributed by atoms with Crippen LogP contribution in [0, 0.1) is 0 Å². The summed E-state index contributed by atoms with van der Waals surface area (Å²) in [7, 11) is -4.50. The van der Waals surface area contributed by atoms with Gasteiger partial charge in [-0.3, -0.25) is 4.52 Å². The van der Waals surface area contributed by atoms with E-state index in [9.17, 15) is 9.36 Å².